The van der Waals surface area contributed by atoms with E-state index < -0.39 is 8.32 Å². The standard InChI is InChI=1S/C23H36N4O4S2Si/c1-23(2,3)17-13-24-18(31-17)15-32-20-14-25-22(33-20)26-21(29)16-8-10-27(11-9-16)19(28)7-6-12-34(4,5)30/h13-14,16,30H,6-12,15H2,1-5H3,(H,25,26,29). The molecule has 2 aromatic rings. The summed E-state index contributed by atoms with van der Waals surface area (Å²) in [6.07, 6.45) is 6.06. The Balaban J connectivity index is 1.40. The molecule has 11 heteroatoms. The van der Waals surface area contributed by atoms with Crippen molar-refractivity contribution in [3.63, 3.8) is 0 Å². The third-order valence-electron chi connectivity index (χ3n) is 5.74. The fourth-order valence-corrected chi connectivity index (χ4v) is 6.44. The Morgan fingerprint density at radius 2 is 1.97 bits per heavy atom. The number of nitrogens with one attached hydrogen (secondary N) is 1. The molecule has 0 aliphatic carbocycles. The van der Waals surface area contributed by atoms with Gasteiger partial charge in [0.05, 0.1) is 22.4 Å². The number of hydrogen-bond acceptors (Lipinski definition) is 8. The minimum Gasteiger partial charge on any atom is -0.444 e. The number of anilines is 1. The molecular formula is C23H36N4O4S2Si. The van der Waals surface area contributed by atoms with Gasteiger partial charge in [0.15, 0.2) is 13.4 Å². The molecule has 0 atom stereocenters. The number of rotatable bonds is 9. The first-order valence-electron chi connectivity index (χ1n) is 11.8. The van der Waals surface area contributed by atoms with Crippen LogP contribution in [0, 0.1) is 5.92 Å². The van der Waals surface area contributed by atoms with Crippen LogP contribution >= 0.6 is 23.1 Å². The van der Waals surface area contributed by atoms with Gasteiger partial charge in [0.25, 0.3) is 0 Å². The Bertz CT molecular complexity index is 972. The summed E-state index contributed by atoms with van der Waals surface area (Å²) >= 11 is 3.03. The molecule has 1 aliphatic heterocycles. The van der Waals surface area contributed by atoms with Gasteiger partial charge in [0.2, 0.25) is 17.7 Å². The highest BCUT2D eigenvalue weighted by atomic mass is 32.2. The maximum atomic E-state index is 12.7. The Morgan fingerprint density at radius 3 is 2.59 bits per heavy atom. The number of carbonyl (C=O) groups excluding carboxylic acids is 2. The number of thiazole rings is 1. The molecule has 0 unspecified atom stereocenters. The number of carbonyl (C=O) groups is 2. The zero-order valence-corrected chi connectivity index (χ0v) is 23.4. The van der Waals surface area contributed by atoms with Gasteiger partial charge in [-0.1, -0.05) is 32.1 Å². The molecule has 3 rings (SSSR count). The number of piperidine rings is 1. The number of likely N-dealkylation sites (tertiary alicyclic amines) is 1. The predicted molar refractivity (Wildman–Crippen MR) is 139 cm³/mol. The van der Waals surface area contributed by atoms with Gasteiger partial charge in [0, 0.05) is 30.8 Å². The Labute approximate surface area is 211 Å². The van der Waals surface area contributed by atoms with E-state index in [4.69, 9.17) is 4.42 Å². The Morgan fingerprint density at radius 1 is 1.26 bits per heavy atom. The molecule has 0 aromatic carbocycles. The van der Waals surface area contributed by atoms with E-state index in [9.17, 15) is 14.4 Å². The van der Waals surface area contributed by atoms with Crippen LogP contribution in [0.4, 0.5) is 5.13 Å². The molecule has 1 saturated heterocycles. The van der Waals surface area contributed by atoms with E-state index in [1.54, 1.807) is 24.2 Å². The molecule has 2 amide bonds. The van der Waals surface area contributed by atoms with Gasteiger partial charge in [-0.15, -0.1) is 11.8 Å². The Kier molecular flexibility index (Phi) is 8.99. The van der Waals surface area contributed by atoms with Crippen molar-refractivity contribution in [3.8, 4) is 0 Å². The lowest BCUT2D eigenvalue weighted by molar-refractivity contribution is -0.134. The van der Waals surface area contributed by atoms with Gasteiger partial charge in [-0.3, -0.25) is 9.59 Å². The van der Waals surface area contributed by atoms with Crippen LogP contribution in [0.1, 0.15) is 58.1 Å². The first-order chi connectivity index (χ1) is 15.9. The molecule has 34 heavy (non-hydrogen) atoms. The fourth-order valence-electron chi connectivity index (χ4n) is 3.67. The summed E-state index contributed by atoms with van der Waals surface area (Å²) in [6, 6.07) is 0.738. The molecule has 8 nitrogen and oxygen atoms in total. The topological polar surface area (TPSA) is 109 Å². The summed E-state index contributed by atoms with van der Waals surface area (Å²) in [5, 5.41) is 3.53. The van der Waals surface area contributed by atoms with Crippen molar-refractivity contribution >= 4 is 48.4 Å². The van der Waals surface area contributed by atoms with E-state index in [0.717, 1.165) is 22.4 Å². The van der Waals surface area contributed by atoms with E-state index in [-0.39, 0.29) is 23.1 Å². The lowest BCUT2D eigenvalue weighted by atomic mass is 9.94. The summed E-state index contributed by atoms with van der Waals surface area (Å²) in [6.45, 7) is 11.3. The lowest BCUT2D eigenvalue weighted by Gasteiger charge is -2.31. The molecule has 0 saturated carbocycles. The number of nitrogens with zero attached hydrogens (tertiary/aromatic N) is 3. The van der Waals surface area contributed by atoms with Crippen LogP contribution in [0.15, 0.2) is 21.0 Å². The molecule has 2 aromatic heterocycles. The SMILES string of the molecule is CC(C)(C)c1cnc(CSc2cnc(NC(=O)C3CCN(C(=O)CCC[Si](C)(C)O)CC3)s2)o1. The molecule has 2 N–H and O–H groups in total. The van der Waals surface area contributed by atoms with Gasteiger partial charge in [-0.2, -0.15) is 0 Å². The molecule has 3 heterocycles. The summed E-state index contributed by atoms with van der Waals surface area (Å²) in [4.78, 5) is 45.6. The highest BCUT2D eigenvalue weighted by Gasteiger charge is 2.28. The van der Waals surface area contributed by atoms with E-state index in [2.05, 4.69) is 36.1 Å². The minimum atomic E-state index is -2.10. The first kappa shape index (κ1) is 26.9. The summed E-state index contributed by atoms with van der Waals surface area (Å²) in [7, 11) is -2.10. The van der Waals surface area contributed by atoms with Crippen molar-refractivity contribution in [2.24, 2.45) is 5.92 Å². The molecule has 1 fully saturated rings. The van der Waals surface area contributed by atoms with Crippen LogP contribution in [-0.4, -0.2) is 52.9 Å². The van der Waals surface area contributed by atoms with Gasteiger partial charge in [0.1, 0.15) is 5.76 Å². The van der Waals surface area contributed by atoms with Crippen molar-refractivity contribution in [2.45, 2.75) is 81.0 Å². The number of hydrogen-bond donors (Lipinski definition) is 2. The average Bonchev–Trinajstić information content (AvgIpc) is 3.40. The van der Waals surface area contributed by atoms with E-state index in [1.807, 2.05) is 18.0 Å². The fraction of sp³-hybridized carbons (Fsp3) is 0.652. The number of aromatic nitrogens is 2. The second kappa shape index (κ2) is 11.4. The van der Waals surface area contributed by atoms with Crippen LogP contribution in [0.3, 0.4) is 0 Å². The number of oxazole rings is 1. The Hall–Kier alpha value is -1.69. The van der Waals surface area contributed by atoms with Crippen molar-refractivity contribution in [1.29, 1.82) is 0 Å². The molecule has 0 radical (unpaired) electrons. The zero-order valence-electron chi connectivity index (χ0n) is 20.7. The maximum Gasteiger partial charge on any atom is 0.229 e. The second-order valence-electron chi connectivity index (χ2n) is 10.5. The van der Waals surface area contributed by atoms with E-state index in [1.165, 1.54) is 11.3 Å². The maximum absolute atomic E-state index is 12.7. The summed E-state index contributed by atoms with van der Waals surface area (Å²) in [5.74, 6) is 2.13. The lowest BCUT2D eigenvalue weighted by Crippen LogP contribution is -2.41. The molecule has 0 bridgehead atoms. The third-order valence-corrected chi connectivity index (χ3v) is 9.41. The normalized spacial score (nSPS) is 15.5. The first-order valence-corrected chi connectivity index (χ1v) is 16.7. The van der Waals surface area contributed by atoms with Gasteiger partial charge in [-0.25, -0.2) is 9.97 Å². The second-order valence-corrected chi connectivity index (χ2v) is 16.9. The van der Waals surface area contributed by atoms with Crippen LogP contribution in [0.5, 0.6) is 0 Å². The van der Waals surface area contributed by atoms with Crippen LogP contribution in [0.2, 0.25) is 19.1 Å². The average molecular weight is 525 g/mol. The van der Waals surface area contributed by atoms with Gasteiger partial charge in [-0.05, 0) is 38.4 Å². The van der Waals surface area contributed by atoms with Gasteiger partial charge >= 0.3 is 0 Å². The number of amides is 2. The largest absolute Gasteiger partial charge is 0.444 e. The third kappa shape index (κ3) is 8.21. The smallest absolute Gasteiger partial charge is 0.229 e. The predicted octanol–water partition coefficient (Wildman–Crippen LogP) is 4.88. The van der Waals surface area contributed by atoms with Gasteiger partial charge < -0.3 is 19.4 Å². The quantitative estimate of drug-likeness (QED) is 0.356. The van der Waals surface area contributed by atoms with Crippen molar-refractivity contribution in [3.05, 3.63) is 24.0 Å². The molecular weight excluding hydrogens is 488 g/mol. The van der Waals surface area contributed by atoms with Crippen LogP contribution in [0.25, 0.3) is 0 Å². The summed E-state index contributed by atoms with van der Waals surface area (Å²) < 4.78 is 6.81. The minimum absolute atomic E-state index is 0.0338. The zero-order chi connectivity index (χ0) is 24.9. The van der Waals surface area contributed by atoms with Crippen molar-refractivity contribution < 1.29 is 18.8 Å². The van der Waals surface area contributed by atoms with Crippen molar-refractivity contribution in [2.75, 3.05) is 18.4 Å². The van der Waals surface area contributed by atoms with Crippen LogP contribution < -0.4 is 5.32 Å². The molecule has 0 spiro atoms. The number of thioether (sulfide) groups is 1. The van der Waals surface area contributed by atoms with Crippen molar-refractivity contribution in [1.82, 2.24) is 14.9 Å². The monoisotopic (exact) mass is 524 g/mol. The van der Waals surface area contributed by atoms with E-state index in [0.29, 0.717) is 49.1 Å². The molecule has 188 valence electrons. The highest BCUT2D eigenvalue weighted by molar-refractivity contribution is 8.00. The van der Waals surface area contributed by atoms with Crippen LogP contribution in [-0.2, 0) is 20.8 Å². The summed E-state index contributed by atoms with van der Waals surface area (Å²) in [5.41, 5.74) is -0.0696. The van der Waals surface area contributed by atoms with E-state index >= 15 is 0 Å². The highest BCUT2D eigenvalue weighted by Crippen LogP contribution is 2.32. The molecule has 1 aliphatic rings.